The number of pyridine rings is 1. The van der Waals surface area contributed by atoms with Gasteiger partial charge in [-0.3, -0.25) is 0 Å². The molecule has 3 nitrogen and oxygen atoms in total. The Hall–Kier alpha value is -2.39. The smallest absolute Gasteiger partial charge is 0.130 e. The van der Waals surface area contributed by atoms with Gasteiger partial charge in [-0.25, -0.2) is 4.98 Å². The number of aromatic nitrogens is 1. The molecule has 3 heteroatoms. The molecular formula is C23H27NO2. The second kappa shape index (κ2) is 9.35. The van der Waals surface area contributed by atoms with Gasteiger partial charge in [-0.05, 0) is 36.2 Å². The number of unbranched alkanes of at least 4 members (excludes halogenated alkanes) is 2. The average molecular weight is 349 g/mol. The van der Waals surface area contributed by atoms with Gasteiger partial charge in [0.15, 0.2) is 0 Å². The van der Waals surface area contributed by atoms with Gasteiger partial charge >= 0.3 is 0 Å². The van der Waals surface area contributed by atoms with E-state index in [1.165, 1.54) is 24.8 Å². The molecule has 0 saturated heterocycles. The van der Waals surface area contributed by atoms with Gasteiger partial charge in [0.05, 0.1) is 17.3 Å². The molecule has 3 aromatic rings. The number of para-hydroxylation sites is 1. The molecule has 0 amide bonds. The van der Waals surface area contributed by atoms with Gasteiger partial charge in [0, 0.05) is 12.5 Å². The second-order valence-electron chi connectivity index (χ2n) is 6.58. The predicted octanol–water partition coefficient (Wildman–Crippen LogP) is 6.08. The first-order valence-electron chi connectivity index (χ1n) is 9.40. The molecular weight excluding hydrogens is 322 g/mol. The Balaban J connectivity index is 1.65. The SMILES string of the molecule is CCCCCC(OC)c1cccc(OCc2ccc3ccccc3n2)c1. The lowest BCUT2D eigenvalue weighted by Gasteiger charge is -2.16. The van der Waals surface area contributed by atoms with Crippen LogP contribution in [-0.2, 0) is 11.3 Å². The van der Waals surface area contributed by atoms with Gasteiger partial charge in [-0.15, -0.1) is 0 Å². The largest absolute Gasteiger partial charge is 0.487 e. The molecule has 0 bridgehead atoms. The molecule has 0 fully saturated rings. The first-order chi connectivity index (χ1) is 12.8. The van der Waals surface area contributed by atoms with Gasteiger partial charge < -0.3 is 9.47 Å². The highest BCUT2D eigenvalue weighted by Crippen LogP contribution is 2.26. The van der Waals surface area contributed by atoms with Crippen molar-refractivity contribution < 1.29 is 9.47 Å². The lowest BCUT2D eigenvalue weighted by atomic mass is 10.0. The van der Waals surface area contributed by atoms with Crippen LogP contribution in [0.25, 0.3) is 10.9 Å². The van der Waals surface area contributed by atoms with E-state index in [-0.39, 0.29) is 6.10 Å². The molecule has 0 N–H and O–H groups in total. The topological polar surface area (TPSA) is 31.4 Å². The van der Waals surface area contributed by atoms with Crippen LogP contribution in [0.3, 0.4) is 0 Å². The molecule has 0 radical (unpaired) electrons. The van der Waals surface area contributed by atoms with Crippen LogP contribution in [0, 0.1) is 0 Å². The highest BCUT2D eigenvalue weighted by atomic mass is 16.5. The highest BCUT2D eigenvalue weighted by Gasteiger charge is 2.11. The van der Waals surface area contributed by atoms with E-state index in [2.05, 4.69) is 36.2 Å². The Kier molecular flexibility index (Phi) is 6.62. The first-order valence-corrected chi connectivity index (χ1v) is 9.40. The summed E-state index contributed by atoms with van der Waals surface area (Å²) in [6.45, 7) is 2.68. The molecule has 2 aromatic carbocycles. The molecule has 1 heterocycles. The molecule has 3 rings (SSSR count). The summed E-state index contributed by atoms with van der Waals surface area (Å²) < 4.78 is 11.7. The number of methoxy groups -OCH3 is 1. The summed E-state index contributed by atoms with van der Waals surface area (Å²) in [5.74, 6) is 0.856. The zero-order valence-electron chi connectivity index (χ0n) is 15.7. The quantitative estimate of drug-likeness (QED) is 0.439. The van der Waals surface area contributed by atoms with Gasteiger partial charge in [-0.1, -0.05) is 62.6 Å². The maximum Gasteiger partial charge on any atom is 0.130 e. The average Bonchev–Trinajstić information content (AvgIpc) is 2.70. The van der Waals surface area contributed by atoms with Crippen molar-refractivity contribution in [1.29, 1.82) is 0 Å². The molecule has 0 aliphatic rings. The molecule has 0 saturated carbocycles. The van der Waals surface area contributed by atoms with Crippen molar-refractivity contribution in [3.8, 4) is 5.75 Å². The summed E-state index contributed by atoms with van der Waals surface area (Å²) in [5.41, 5.74) is 3.10. The highest BCUT2D eigenvalue weighted by molar-refractivity contribution is 5.78. The van der Waals surface area contributed by atoms with Crippen molar-refractivity contribution in [2.45, 2.75) is 45.3 Å². The summed E-state index contributed by atoms with van der Waals surface area (Å²) >= 11 is 0. The molecule has 26 heavy (non-hydrogen) atoms. The minimum Gasteiger partial charge on any atom is -0.487 e. The Morgan fingerprint density at radius 1 is 0.962 bits per heavy atom. The zero-order valence-corrected chi connectivity index (χ0v) is 15.7. The van der Waals surface area contributed by atoms with Gasteiger partial charge in [0.25, 0.3) is 0 Å². The molecule has 0 aliphatic carbocycles. The van der Waals surface area contributed by atoms with E-state index in [9.17, 15) is 0 Å². The standard InChI is InChI=1S/C23H27NO2/c1-3-4-5-13-23(25-2)19-10-8-11-21(16-19)26-17-20-15-14-18-9-6-7-12-22(18)24-20/h6-12,14-16,23H,3-5,13,17H2,1-2H3. The van der Waals surface area contributed by atoms with Crippen molar-refractivity contribution in [2.75, 3.05) is 7.11 Å². The summed E-state index contributed by atoms with van der Waals surface area (Å²) in [6.07, 6.45) is 4.81. The van der Waals surface area contributed by atoms with E-state index in [0.717, 1.165) is 28.8 Å². The Bertz CT molecular complexity index is 831. The van der Waals surface area contributed by atoms with Crippen LogP contribution in [-0.4, -0.2) is 12.1 Å². The summed E-state index contributed by atoms with van der Waals surface area (Å²) in [5, 5.41) is 1.15. The second-order valence-corrected chi connectivity index (χ2v) is 6.58. The molecule has 1 aromatic heterocycles. The van der Waals surface area contributed by atoms with Crippen LogP contribution in [0.1, 0.15) is 50.0 Å². The normalized spacial score (nSPS) is 12.2. The van der Waals surface area contributed by atoms with Crippen LogP contribution in [0.4, 0.5) is 0 Å². The van der Waals surface area contributed by atoms with Crippen LogP contribution in [0.15, 0.2) is 60.7 Å². The van der Waals surface area contributed by atoms with Crippen LogP contribution >= 0.6 is 0 Å². The number of benzene rings is 2. The Labute approximate surface area is 156 Å². The summed E-state index contributed by atoms with van der Waals surface area (Å²) in [7, 11) is 1.78. The summed E-state index contributed by atoms with van der Waals surface area (Å²) in [6, 6.07) is 20.5. The molecule has 0 aliphatic heterocycles. The van der Waals surface area contributed by atoms with E-state index in [0.29, 0.717) is 6.61 Å². The lowest BCUT2D eigenvalue weighted by Crippen LogP contribution is -2.03. The maximum atomic E-state index is 5.98. The number of rotatable bonds is 9. The maximum absolute atomic E-state index is 5.98. The Morgan fingerprint density at radius 3 is 2.69 bits per heavy atom. The predicted molar refractivity (Wildman–Crippen MR) is 106 cm³/mol. The fourth-order valence-corrected chi connectivity index (χ4v) is 3.15. The fourth-order valence-electron chi connectivity index (χ4n) is 3.15. The van der Waals surface area contributed by atoms with Gasteiger partial charge in [0.2, 0.25) is 0 Å². The van der Waals surface area contributed by atoms with Crippen LogP contribution < -0.4 is 4.74 Å². The van der Waals surface area contributed by atoms with Crippen molar-refractivity contribution >= 4 is 10.9 Å². The number of fused-ring (bicyclic) bond motifs is 1. The van der Waals surface area contributed by atoms with Crippen LogP contribution in [0.2, 0.25) is 0 Å². The minimum atomic E-state index is 0.129. The van der Waals surface area contributed by atoms with Crippen molar-refractivity contribution in [3.05, 3.63) is 71.9 Å². The third kappa shape index (κ3) is 4.83. The number of hydrogen-bond acceptors (Lipinski definition) is 3. The molecule has 0 spiro atoms. The molecule has 1 atom stereocenters. The fraction of sp³-hybridized carbons (Fsp3) is 0.348. The van der Waals surface area contributed by atoms with Crippen molar-refractivity contribution in [2.24, 2.45) is 0 Å². The van der Waals surface area contributed by atoms with E-state index >= 15 is 0 Å². The van der Waals surface area contributed by atoms with Gasteiger partial charge in [-0.2, -0.15) is 0 Å². The van der Waals surface area contributed by atoms with Crippen molar-refractivity contribution in [1.82, 2.24) is 4.98 Å². The molecule has 1 unspecified atom stereocenters. The lowest BCUT2D eigenvalue weighted by molar-refractivity contribution is 0.0929. The Morgan fingerprint density at radius 2 is 1.85 bits per heavy atom. The summed E-state index contributed by atoms with van der Waals surface area (Å²) in [4.78, 5) is 4.66. The third-order valence-electron chi connectivity index (χ3n) is 4.63. The minimum absolute atomic E-state index is 0.129. The van der Waals surface area contributed by atoms with Gasteiger partial charge in [0.1, 0.15) is 12.4 Å². The number of hydrogen-bond donors (Lipinski definition) is 0. The van der Waals surface area contributed by atoms with Crippen LogP contribution in [0.5, 0.6) is 5.75 Å². The zero-order chi connectivity index (χ0) is 18.2. The number of nitrogens with zero attached hydrogens (tertiary/aromatic N) is 1. The molecule has 136 valence electrons. The number of ether oxygens (including phenoxy) is 2. The van der Waals surface area contributed by atoms with E-state index < -0.39 is 0 Å². The first kappa shape index (κ1) is 18.4. The van der Waals surface area contributed by atoms with E-state index in [1.807, 2.05) is 36.4 Å². The van der Waals surface area contributed by atoms with E-state index in [1.54, 1.807) is 7.11 Å². The van der Waals surface area contributed by atoms with E-state index in [4.69, 9.17) is 9.47 Å². The van der Waals surface area contributed by atoms with Crippen molar-refractivity contribution in [3.63, 3.8) is 0 Å². The monoisotopic (exact) mass is 349 g/mol. The third-order valence-corrected chi connectivity index (χ3v) is 4.63.